The zero-order chi connectivity index (χ0) is 48.0. The van der Waals surface area contributed by atoms with E-state index in [0.717, 1.165) is 22.5 Å². The molecule has 4 amide bonds. The van der Waals surface area contributed by atoms with Crippen LogP contribution in [0.2, 0.25) is 0 Å². The smallest absolute Gasteiger partial charge is 0.418 e. The number of rotatable bonds is 17. The van der Waals surface area contributed by atoms with Crippen molar-refractivity contribution in [1.29, 1.82) is 0 Å². The van der Waals surface area contributed by atoms with Gasteiger partial charge in [-0.1, -0.05) is 17.3 Å². The van der Waals surface area contributed by atoms with Crippen LogP contribution >= 0.6 is 11.3 Å². The summed E-state index contributed by atoms with van der Waals surface area (Å²) in [6.45, 7) is 18.6. The van der Waals surface area contributed by atoms with Crippen LogP contribution in [0.15, 0.2) is 47.2 Å². The third-order valence-corrected chi connectivity index (χ3v) is 9.57. The lowest BCUT2D eigenvalue weighted by Gasteiger charge is -2.50. The molecule has 4 N–H and O–H groups in total. The van der Waals surface area contributed by atoms with Crippen LogP contribution in [-0.2, 0) is 61.7 Å². The number of nitrogens with zero attached hydrogens (tertiary/aromatic N) is 5. The number of carbonyl (C=O) groups is 5. The van der Waals surface area contributed by atoms with Crippen molar-refractivity contribution < 1.29 is 69.7 Å². The third-order valence-electron chi connectivity index (χ3n) is 8.47. The molecule has 0 saturated carbocycles. The van der Waals surface area contributed by atoms with Crippen LogP contribution in [0.5, 0.6) is 5.75 Å². The molecule has 4 rings (SSSR count). The minimum atomic E-state index is -5.08. The number of esters is 1. The van der Waals surface area contributed by atoms with Crippen molar-refractivity contribution in [2.24, 2.45) is 12.2 Å². The van der Waals surface area contributed by atoms with Gasteiger partial charge in [-0.05, 0) is 100 Å². The minimum Gasteiger partial charge on any atom is -0.489 e. The van der Waals surface area contributed by atoms with Crippen molar-refractivity contribution in [3.63, 3.8) is 0 Å². The van der Waals surface area contributed by atoms with Gasteiger partial charge in [0.05, 0.1) is 23.8 Å². The summed E-state index contributed by atoms with van der Waals surface area (Å²) in [4.78, 5) is 74.6. The Balaban J connectivity index is 1.53. The number of alkyl carbamates (subject to hydrolysis) is 1. The van der Waals surface area contributed by atoms with Crippen molar-refractivity contribution in [2.75, 3.05) is 18.5 Å². The molecule has 22 nitrogen and oxygen atoms in total. The fourth-order valence-electron chi connectivity index (χ4n) is 5.67. The van der Waals surface area contributed by atoms with Crippen LogP contribution in [0, 0.1) is 0 Å². The highest BCUT2D eigenvalue weighted by atomic mass is 32.3. The summed E-state index contributed by atoms with van der Waals surface area (Å²) in [6, 6.07) is 5.62. The minimum absolute atomic E-state index is 0.00841. The molecule has 1 unspecified atom stereocenters. The van der Waals surface area contributed by atoms with E-state index in [4.69, 9.17) is 28.3 Å². The maximum atomic E-state index is 13.9. The number of aromatic nitrogens is 3. The molecule has 0 bridgehead atoms. The Kier molecular flexibility index (Phi) is 15.8. The molecule has 2 aromatic heterocycles. The highest BCUT2D eigenvalue weighted by molar-refractivity contribution is 7.80. The second-order valence-electron chi connectivity index (χ2n) is 18.0. The second kappa shape index (κ2) is 19.9. The van der Waals surface area contributed by atoms with Gasteiger partial charge < -0.3 is 34.4 Å². The fourth-order valence-corrected chi connectivity index (χ4v) is 6.81. The number of ether oxygens (including phenoxy) is 4. The third kappa shape index (κ3) is 15.2. The van der Waals surface area contributed by atoms with E-state index in [1.165, 1.54) is 19.2 Å². The molecule has 1 aromatic carbocycles. The molecule has 3 aromatic rings. The number of aryl methyl sites for hydroxylation is 2. The maximum absolute atomic E-state index is 13.9. The topological polar surface area (TPSA) is 268 Å². The van der Waals surface area contributed by atoms with Crippen molar-refractivity contribution in [3.05, 3.63) is 47.7 Å². The normalized spacial score (nSPS) is 16.0. The van der Waals surface area contributed by atoms with E-state index in [1.807, 2.05) is 40.9 Å². The lowest BCUT2D eigenvalue weighted by atomic mass is 9.84. The first-order chi connectivity index (χ1) is 29.4. The zero-order valence-corrected chi connectivity index (χ0v) is 39.5. The lowest BCUT2D eigenvalue weighted by Crippen LogP contribution is -2.76. The van der Waals surface area contributed by atoms with E-state index >= 15 is 0 Å². The SMILES string of the molecule is C[n+]1cc(-c2ccc(OCC(O/N=C(/C(=O)N[C@@H]3C(=O)N(OS(=O)(=O)O)C3(C)C)c3csc(NC(=O)OC(C)(C)C)n3)C(=O)OC(C)(C)C)cc2)cn1CCCNC(=O)OC(C)(C)C. The van der Waals surface area contributed by atoms with Gasteiger partial charge in [-0.2, -0.15) is 18.2 Å². The summed E-state index contributed by atoms with van der Waals surface area (Å²) in [7, 11) is -3.19. The predicted octanol–water partition coefficient (Wildman–Crippen LogP) is 4.05. The largest absolute Gasteiger partial charge is 0.489 e. The number of benzene rings is 1. The van der Waals surface area contributed by atoms with Crippen molar-refractivity contribution >= 4 is 62.5 Å². The van der Waals surface area contributed by atoms with Crippen molar-refractivity contribution in [2.45, 2.75) is 124 Å². The monoisotopic (exact) mass is 937 g/mol. The molecule has 24 heteroatoms. The van der Waals surface area contributed by atoms with Crippen LogP contribution in [0.25, 0.3) is 11.1 Å². The predicted molar refractivity (Wildman–Crippen MR) is 230 cm³/mol. The van der Waals surface area contributed by atoms with Gasteiger partial charge in [-0.15, -0.1) is 20.3 Å². The Labute approximate surface area is 375 Å². The summed E-state index contributed by atoms with van der Waals surface area (Å²) < 4.78 is 62.2. The van der Waals surface area contributed by atoms with E-state index < -0.39 is 87.2 Å². The van der Waals surface area contributed by atoms with E-state index in [2.05, 4.69) is 30.4 Å². The molecule has 0 spiro atoms. The van der Waals surface area contributed by atoms with Crippen LogP contribution < -0.4 is 25.4 Å². The molecule has 1 aliphatic rings. The second-order valence-corrected chi connectivity index (χ2v) is 19.9. The maximum Gasteiger partial charge on any atom is 0.418 e. The van der Waals surface area contributed by atoms with Gasteiger partial charge in [0.2, 0.25) is 6.20 Å². The number of anilines is 1. The number of thiazole rings is 1. The highest BCUT2D eigenvalue weighted by Crippen LogP contribution is 2.33. The van der Waals surface area contributed by atoms with Gasteiger partial charge in [-0.3, -0.25) is 19.5 Å². The molecular formula is C40H57N8O14S2+. The summed E-state index contributed by atoms with van der Waals surface area (Å²) in [5.41, 5.74) is -2.86. The first-order valence-electron chi connectivity index (χ1n) is 19.9. The number of carbonyl (C=O) groups excluding carboxylic acids is 5. The Morgan fingerprint density at radius 1 is 0.953 bits per heavy atom. The van der Waals surface area contributed by atoms with Gasteiger partial charge in [0.25, 0.3) is 17.9 Å². The molecule has 1 saturated heterocycles. The van der Waals surface area contributed by atoms with E-state index in [1.54, 1.807) is 74.4 Å². The molecular weight excluding hydrogens is 881 g/mol. The van der Waals surface area contributed by atoms with Gasteiger partial charge >= 0.3 is 28.6 Å². The molecule has 64 heavy (non-hydrogen) atoms. The number of nitrogens with one attached hydrogen (secondary N) is 3. The zero-order valence-electron chi connectivity index (χ0n) is 37.8. The van der Waals surface area contributed by atoms with Crippen LogP contribution in [-0.4, -0.2) is 111 Å². The summed E-state index contributed by atoms with van der Waals surface area (Å²) in [5.74, 6) is -2.64. The number of β-lactam (4-membered cyclic amide) rings is 1. The van der Waals surface area contributed by atoms with Gasteiger partial charge in [-0.25, -0.2) is 19.4 Å². The Hall–Kier alpha value is -5.85. The van der Waals surface area contributed by atoms with Crippen molar-refractivity contribution in [3.8, 4) is 16.9 Å². The first kappa shape index (κ1) is 50.8. The molecule has 2 atom stereocenters. The van der Waals surface area contributed by atoms with Crippen LogP contribution in [0.4, 0.5) is 14.7 Å². The molecule has 1 aliphatic heterocycles. The number of amides is 4. The Morgan fingerprint density at radius 2 is 1.56 bits per heavy atom. The summed E-state index contributed by atoms with van der Waals surface area (Å²) >= 11 is 0.893. The van der Waals surface area contributed by atoms with Crippen molar-refractivity contribution in [1.82, 2.24) is 25.4 Å². The average molecular weight is 938 g/mol. The Morgan fingerprint density at radius 3 is 2.14 bits per heavy atom. The summed E-state index contributed by atoms with van der Waals surface area (Å²) in [6.07, 6.45) is 1.69. The quantitative estimate of drug-likeness (QED) is 0.0217. The van der Waals surface area contributed by atoms with E-state index in [-0.39, 0.29) is 10.8 Å². The Bertz CT molecular complexity index is 2320. The van der Waals surface area contributed by atoms with Gasteiger partial charge in [0.1, 0.15) is 40.9 Å². The molecule has 352 valence electrons. The number of hydrogen-bond donors (Lipinski definition) is 4. The van der Waals surface area contributed by atoms with Crippen LogP contribution in [0.1, 0.15) is 88.3 Å². The lowest BCUT2D eigenvalue weighted by molar-refractivity contribution is -0.753. The standard InChI is InChI=1S/C40H56N8O14S2/c1-37(2,3)58-33(51)28(22-57-26-16-14-24(15-17-26)25-20-46(12)47(21-25)19-13-18-41-35(52)59-38(4,5)6)61-45-29(27-23-63-34(42-27)44-36(53)60-39(7,8)9)31(49)43-30-32(50)48(40(30,10)11)62-64(54,55)56/h14-17,20-21,23,28,30H,13,18-19,22H2,1-12H3,(H3-,41,42,43,44,49,52,53,54,55,56)/p+1/b45-29+/t28?,30-/m1/s1. The van der Waals surface area contributed by atoms with Gasteiger partial charge in [0.15, 0.2) is 17.9 Å². The van der Waals surface area contributed by atoms with Crippen LogP contribution in [0.3, 0.4) is 0 Å². The molecule has 1 fully saturated rings. The number of oxime groups is 1. The van der Waals surface area contributed by atoms with Gasteiger partial charge in [0, 0.05) is 11.9 Å². The fraction of sp³-hybridized carbons (Fsp3) is 0.550. The number of hydrogen-bond acceptors (Lipinski definition) is 16. The average Bonchev–Trinajstić information content (AvgIpc) is 3.75. The molecule has 0 aliphatic carbocycles. The summed E-state index contributed by atoms with van der Waals surface area (Å²) in [5, 5.41) is 13.3. The number of hydroxylamine groups is 2. The van der Waals surface area contributed by atoms with E-state index in [0.29, 0.717) is 30.3 Å². The highest BCUT2D eigenvalue weighted by Gasteiger charge is 2.58. The first-order valence-corrected chi connectivity index (χ1v) is 22.2. The molecule has 0 radical (unpaired) electrons. The van der Waals surface area contributed by atoms with E-state index in [9.17, 15) is 32.4 Å². The molecule has 3 heterocycles.